The number of rotatable bonds is 6. The maximum Gasteiger partial charge on any atom is 0.293 e. The first-order valence-corrected chi connectivity index (χ1v) is 9.62. The second-order valence-corrected chi connectivity index (χ2v) is 7.50. The first-order chi connectivity index (χ1) is 13.0. The number of imide groups is 1. The summed E-state index contributed by atoms with van der Waals surface area (Å²) < 4.78 is 20.0. The smallest absolute Gasteiger partial charge is 0.293 e. The summed E-state index contributed by atoms with van der Waals surface area (Å²) in [5.41, 5.74) is 1.20. The van der Waals surface area contributed by atoms with E-state index in [2.05, 4.69) is 22.5 Å². The van der Waals surface area contributed by atoms with Crippen LogP contribution in [0.3, 0.4) is 0 Å². The normalized spacial score (nSPS) is 15.5. The van der Waals surface area contributed by atoms with Gasteiger partial charge in [0.2, 0.25) is 0 Å². The molecule has 1 fully saturated rings. The highest BCUT2D eigenvalue weighted by molar-refractivity contribution is 9.10. The Labute approximate surface area is 168 Å². The van der Waals surface area contributed by atoms with Crippen molar-refractivity contribution >= 4 is 44.9 Å². The van der Waals surface area contributed by atoms with E-state index >= 15 is 0 Å². The van der Waals surface area contributed by atoms with Gasteiger partial charge in [0.05, 0.1) is 9.38 Å². The molecule has 3 rings (SSSR count). The molecule has 4 nitrogen and oxygen atoms in total. The molecule has 1 heterocycles. The van der Waals surface area contributed by atoms with Gasteiger partial charge in [-0.1, -0.05) is 30.3 Å². The van der Waals surface area contributed by atoms with Gasteiger partial charge in [-0.3, -0.25) is 14.5 Å². The molecule has 0 atom stereocenters. The second-order valence-electron chi connectivity index (χ2n) is 5.65. The molecule has 0 saturated carbocycles. The molecule has 0 aliphatic carbocycles. The number of carbonyl (C=O) groups is 2. The van der Waals surface area contributed by atoms with Crippen LogP contribution in [0, 0.1) is 5.82 Å². The molecule has 0 radical (unpaired) electrons. The Kier molecular flexibility index (Phi) is 6.13. The first kappa shape index (κ1) is 19.4. The molecular formula is C20H15BrFNO3S. The minimum atomic E-state index is -0.332. The highest BCUT2D eigenvalue weighted by Gasteiger charge is 2.34. The van der Waals surface area contributed by atoms with E-state index in [4.69, 9.17) is 4.74 Å². The van der Waals surface area contributed by atoms with Crippen molar-refractivity contribution in [3.05, 3.63) is 81.4 Å². The van der Waals surface area contributed by atoms with Crippen molar-refractivity contribution in [2.24, 2.45) is 0 Å². The summed E-state index contributed by atoms with van der Waals surface area (Å²) in [4.78, 5) is 25.6. The lowest BCUT2D eigenvalue weighted by Crippen LogP contribution is -2.27. The summed E-state index contributed by atoms with van der Waals surface area (Å²) in [6.45, 7) is 3.84. The van der Waals surface area contributed by atoms with Gasteiger partial charge in [-0.25, -0.2) is 4.39 Å². The van der Waals surface area contributed by atoms with Gasteiger partial charge in [0.15, 0.2) is 0 Å². The first-order valence-electron chi connectivity index (χ1n) is 8.01. The summed E-state index contributed by atoms with van der Waals surface area (Å²) in [5.74, 6) is -0.100. The number of ether oxygens (including phenoxy) is 1. The van der Waals surface area contributed by atoms with Crippen LogP contribution in [0.1, 0.15) is 11.1 Å². The minimum absolute atomic E-state index is 0.102. The fraction of sp³-hybridized carbons (Fsp3) is 0.100. The predicted octanol–water partition coefficient (Wildman–Crippen LogP) is 5.39. The second kappa shape index (κ2) is 8.54. The quantitative estimate of drug-likeness (QED) is 0.439. The SMILES string of the molecule is C=CCN1C(=O)S/C(=C/c2ccc(OCc3ccccc3F)c(Br)c2)C1=O. The molecule has 0 spiro atoms. The van der Waals surface area contributed by atoms with Crippen LogP contribution in [0.15, 0.2) is 64.5 Å². The molecule has 0 bridgehead atoms. The van der Waals surface area contributed by atoms with Gasteiger partial charge in [-0.15, -0.1) is 6.58 Å². The van der Waals surface area contributed by atoms with Crippen LogP contribution in [0.2, 0.25) is 0 Å². The van der Waals surface area contributed by atoms with Crippen LogP contribution in [-0.4, -0.2) is 22.6 Å². The predicted molar refractivity (Wildman–Crippen MR) is 108 cm³/mol. The Morgan fingerprint density at radius 2 is 2.00 bits per heavy atom. The summed E-state index contributed by atoms with van der Waals surface area (Å²) >= 11 is 4.32. The molecule has 27 heavy (non-hydrogen) atoms. The lowest BCUT2D eigenvalue weighted by atomic mass is 10.2. The zero-order chi connectivity index (χ0) is 19.4. The molecule has 138 valence electrons. The lowest BCUT2D eigenvalue weighted by molar-refractivity contribution is -0.122. The summed E-state index contributed by atoms with van der Waals surface area (Å²) in [6, 6.07) is 11.7. The Hall–Kier alpha value is -2.38. The molecule has 0 aromatic heterocycles. The third-order valence-corrected chi connectivity index (χ3v) is 5.31. The van der Waals surface area contributed by atoms with Crippen molar-refractivity contribution in [3.63, 3.8) is 0 Å². The Morgan fingerprint density at radius 3 is 2.70 bits per heavy atom. The molecule has 2 amide bonds. The molecule has 1 saturated heterocycles. The average Bonchev–Trinajstić information content (AvgIpc) is 2.90. The van der Waals surface area contributed by atoms with Crippen LogP contribution >= 0.6 is 27.7 Å². The van der Waals surface area contributed by atoms with Crippen LogP contribution in [0.4, 0.5) is 9.18 Å². The number of hydrogen-bond acceptors (Lipinski definition) is 4. The third-order valence-electron chi connectivity index (χ3n) is 3.78. The highest BCUT2D eigenvalue weighted by atomic mass is 79.9. The Morgan fingerprint density at radius 1 is 1.22 bits per heavy atom. The molecule has 1 aliphatic heterocycles. The Balaban J connectivity index is 1.73. The number of halogens is 2. The molecule has 7 heteroatoms. The van der Waals surface area contributed by atoms with E-state index in [1.807, 2.05) is 0 Å². The molecule has 0 unspecified atom stereocenters. The van der Waals surface area contributed by atoms with Crippen molar-refractivity contribution < 1.29 is 18.7 Å². The standard InChI is InChI=1S/C20H15BrFNO3S/c1-2-9-23-19(24)18(27-20(23)25)11-13-7-8-17(15(21)10-13)26-12-14-5-3-4-6-16(14)22/h2-8,10-11H,1,9,12H2/b18-11+. The molecule has 0 N–H and O–H groups in total. The van der Waals surface area contributed by atoms with Crippen molar-refractivity contribution in [3.8, 4) is 5.75 Å². The summed E-state index contributed by atoms with van der Waals surface area (Å²) in [5, 5.41) is -0.310. The van der Waals surface area contributed by atoms with E-state index in [9.17, 15) is 14.0 Å². The molecular weight excluding hydrogens is 433 g/mol. The maximum atomic E-state index is 13.7. The van der Waals surface area contributed by atoms with E-state index in [0.717, 1.165) is 22.2 Å². The number of nitrogens with zero attached hydrogens (tertiary/aromatic N) is 1. The van der Waals surface area contributed by atoms with Crippen LogP contribution in [0.25, 0.3) is 6.08 Å². The summed E-state index contributed by atoms with van der Waals surface area (Å²) in [6.07, 6.45) is 3.16. The van der Waals surface area contributed by atoms with Gasteiger partial charge in [-0.2, -0.15) is 0 Å². The van der Waals surface area contributed by atoms with E-state index in [0.29, 0.717) is 20.7 Å². The maximum absolute atomic E-state index is 13.7. The van der Waals surface area contributed by atoms with E-state index in [1.54, 1.807) is 42.5 Å². The average molecular weight is 448 g/mol. The topological polar surface area (TPSA) is 46.6 Å². The largest absolute Gasteiger partial charge is 0.488 e. The molecule has 2 aromatic carbocycles. The molecule has 2 aromatic rings. The number of carbonyl (C=O) groups excluding carboxylic acids is 2. The van der Waals surface area contributed by atoms with Crippen LogP contribution < -0.4 is 4.74 Å². The fourth-order valence-corrected chi connectivity index (χ4v) is 3.79. The van der Waals surface area contributed by atoms with Crippen LogP contribution in [-0.2, 0) is 11.4 Å². The van der Waals surface area contributed by atoms with Gasteiger partial charge >= 0.3 is 0 Å². The zero-order valence-electron chi connectivity index (χ0n) is 14.2. The minimum Gasteiger partial charge on any atom is -0.488 e. The van der Waals surface area contributed by atoms with Crippen molar-refractivity contribution in [1.29, 1.82) is 0 Å². The van der Waals surface area contributed by atoms with E-state index in [1.165, 1.54) is 12.1 Å². The van der Waals surface area contributed by atoms with Gasteiger partial charge in [-0.05, 0) is 57.5 Å². The summed E-state index contributed by atoms with van der Waals surface area (Å²) in [7, 11) is 0. The van der Waals surface area contributed by atoms with Crippen molar-refractivity contribution in [2.75, 3.05) is 6.54 Å². The fourth-order valence-electron chi connectivity index (χ4n) is 2.43. The van der Waals surface area contributed by atoms with Gasteiger partial charge in [0.25, 0.3) is 11.1 Å². The number of thioether (sulfide) groups is 1. The van der Waals surface area contributed by atoms with E-state index in [-0.39, 0.29) is 30.1 Å². The van der Waals surface area contributed by atoms with E-state index < -0.39 is 0 Å². The third kappa shape index (κ3) is 4.48. The number of amides is 2. The molecule has 1 aliphatic rings. The number of benzene rings is 2. The van der Waals surface area contributed by atoms with Crippen molar-refractivity contribution in [1.82, 2.24) is 4.90 Å². The van der Waals surface area contributed by atoms with Gasteiger partial charge in [0, 0.05) is 12.1 Å². The highest BCUT2D eigenvalue weighted by Crippen LogP contribution is 2.34. The van der Waals surface area contributed by atoms with Crippen molar-refractivity contribution in [2.45, 2.75) is 6.61 Å². The number of hydrogen-bond donors (Lipinski definition) is 0. The van der Waals surface area contributed by atoms with Crippen LogP contribution in [0.5, 0.6) is 5.75 Å². The lowest BCUT2D eigenvalue weighted by Gasteiger charge is -2.10. The van der Waals surface area contributed by atoms with Gasteiger partial charge < -0.3 is 4.74 Å². The monoisotopic (exact) mass is 447 g/mol. The zero-order valence-corrected chi connectivity index (χ0v) is 16.6. The van der Waals surface area contributed by atoms with Gasteiger partial charge in [0.1, 0.15) is 18.2 Å². The Bertz CT molecular complexity index is 945.